The van der Waals surface area contributed by atoms with E-state index in [0.717, 1.165) is 43.3 Å². The third kappa shape index (κ3) is 4.02. The summed E-state index contributed by atoms with van der Waals surface area (Å²) < 4.78 is 7.17. The van der Waals surface area contributed by atoms with Gasteiger partial charge in [-0.3, -0.25) is 4.99 Å². The molecule has 0 amide bonds. The summed E-state index contributed by atoms with van der Waals surface area (Å²) in [7, 11) is 0. The fraction of sp³-hybridized carbons (Fsp3) is 0.647. The first kappa shape index (κ1) is 17.9. The quantitative estimate of drug-likeness (QED) is 0.294. The summed E-state index contributed by atoms with van der Waals surface area (Å²) in [6.07, 6.45) is 5.78. The molecule has 25 heavy (non-hydrogen) atoms. The zero-order valence-electron chi connectivity index (χ0n) is 15.0. The van der Waals surface area contributed by atoms with Gasteiger partial charge in [0.15, 0.2) is 5.84 Å². The molecular formula is C17H28N6O2. The number of nitrogens with zero attached hydrogens (tertiary/aromatic N) is 4. The number of allylic oxidation sites excluding steroid dienone is 1. The number of nitrogens with two attached hydrogens (primary N) is 1. The Hall–Kier alpha value is -1.90. The van der Waals surface area contributed by atoms with Gasteiger partial charge in [0, 0.05) is 36.8 Å². The molecule has 1 saturated carbocycles. The number of morpholine rings is 1. The minimum atomic E-state index is -0.156. The van der Waals surface area contributed by atoms with E-state index in [1.807, 2.05) is 32.2 Å². The molecule has 0 radical (unpaired) electrons. The maximum Gasteiger partial charge on any atom is 0.152 e. The average molecular weight is 348 g/mol. The third-order valence-corrected chi connectivity index (χ3v) is 4.68. The van der Waals surface area contributed by atoms with Crippen LogP contribution in [-0.2, 0) is 10.2 Å². The normalized spacial score (nSPS) is 20.9. The molecular weight excluding hydrogens is 320 g/mol. The second-order valence-corrected chi connectivity index (χ2v) is 6.94. The fourth-order valence-corrected chi connectivity index (χ4v) is 2.96. The predicted molar refractivity (Wildman–Crippen MR) is 96.0 cm³/mol. The van der Waals surface area contributed by atoms with Gasteiger partial charge in [0.25, 0.3) is 0 Å². The van der Waals surface area contributed by atoms with Gasteiger partial charge >= 0.3 is 0 Å². The Morgan fingerprint density at radius 3 is 2.76 bits per heavy atom. The zero-order valence-corrected chi connectivity index (χ0v) is 15.0. The van der Waals surface area contributed by atoms with Gasteiger partial charge in [-0.2, -0.15) is 5.10 Å². The molecule has 2 fully saturated rings. The van der Waals surface area contributed by atoms with E-state index >= 15 is 0 Å². The van der Waals surface area contributed by atoms with E-state index in [2.05, 4.69) is 15.4 Å². The highest BCUT2D eigenvalue weighted by atomic mass is 16.5. The molecule has 2 heterocycles. The average Bonchev–Trinajstić information content (AvgIpc) is 3.27. The Balaban J connectivity index is 1.88. The number of hydrogen-bond acceptors (Lipinski definition) is 7. The first-order chi connectivity index (χ1) is 12.1. The molecule has 0 unspecified atom stereocenters. The van der Waals surface area contributed by atoms with E-state index in [0.29, 0.717) is 13.2 Å². The van der Waals surface area contributed by atoms with Gasteiger partial charge in [0.2, 0.25) is 0 Å². The molecule has 3 rings (SSSR count). The predicted octanol–water partition coefficient (Wildman–Crippen LogP) is 0.199. The number of aliphatic imine (C=N–C) groups is 1. The molecule has 1 aromatic rings. The minimum absolute atomic E-state index is 0.121. The van der Waals surface area contributed by atoms with Crippen LogP contribution in [0.2, 0.25) is 0 Å². The van der Waals surface area contributed by atoms with Crippen molar-refractivity contribution in [2.75, 3.05) is 32.9 Å². The number of ether oxygens (including phenoxy) is 1. The summed E-state index contributed by atoms with van der Waals surface area (Å²) >= 11 is 0. The fourth-order valence-electron chi connectivity index (χ4n) is 2.96. The molecule has 8 nitrogen and oxygen atoms in total. The summed E-state index contributed by atoms with van der Waals surface area (Å²) in [5.41, 5.74) is 3.54. The van der Waals surface area contributed by atoms with Crippen molar-refractivity contribution in [3.05, 3.63) is 29.9 Å². The number of aromatic nitrogens is 2. The van der Waals surface area contributed by atoms with Crippen molar-refractivity contribution in [2.24, 2.45) is 10.8 Å². The highest BCUT2D eigenvalue weighted by Gasteiger charge is 2.45. The van der Waals surface area contributed by atoms with Crippen LogP contribution < -0.4 is 11.3 Å². The van der Waals surface area contributed by atoms with Gasteiger partial charge in [-0.1, -0.05) is 0 Å². The molecule has 4 N–H and O–H groups in total. The van der Waals surface area contributed by atoms with Crippen molar-refractivity contribution in [3.63, 3.8) is 0 Å². The minimum Gasteiger partial charge on any atom is -0.395 e. The highest BCUT2D eigenvalue weighted by Crippen LogP contribution is 2.46. The number of aliphatic hydroxyl groups excluding tert-OH is 1. The number of hydrazine groups is 1. The standard InChI is InChI=1S/C17H28N6O2/c1-13(2)19-15(11-16(20-18)22-7-9-25-10-8-22)23-6-3-14(21-23)17(12-24)4-5-17/h3,6,11,13,20,24H,4-5,7-10,12,18H2,1-2H3/b16-11+,19-15+. The first-order valence-corrected chi connectivity index (χ1v) is 8.84. The summed E-state index contributed by atoms with van der Waals surface area (Å²) in [6.45, 7) is 7.12. The lowest BCUT2D eigenvalue weighted by atomic mass is 10.1. The summed E-state index contributed by atoms with van der Waals surface area (Å²) in [4.78, 5) is 6.83. The molecule has 138 valence electrons. The van der Waals surface area contributed by atoms with Crippen LogP contribution in [0.1, 0.15) is 32.4 Å². The van der Waals surface area contributed by atoms with Gasteiger partial charge in [-0.15, -0.1) is 0 Å². The molecule has 1 aliphatic carbocycles. The summed E-state index contributed by atoms with van der Waals surface area (Å²) in [5.74, 6) is 7.26. The lowest BCUT2D eigenvalue weighted by Gasteiger charge is -2.30. The van der Waals surface area contributed by atoms with E-state index in [9.17, 15) is 5.11 Å². The Kier molecular flexibility index (Phi) is 5.41. The summed E-state index contributed by atoms with van der Waals surface area (Å²) in [6, 6.07) is 2.09. The maximum atomic E-state index is 9.62. The van der Waals surface area contributed by atoms with Crippen LogP contribution in [0.15, 0.2) is 29.2 Å². The van der Waals surface area contributed by atoms with Crippen LogP contribution in [0.25, 0.3) is 0 Å². The Morgan fingerprint density at radius 1 is 1.48 bits per heavy atom. The van der Waals surface area contributed by atoms with Gasteiger partial charge in [0.05, 0.1) is 25.5 Å². The third-order valence-electron chi connectivity index (χ3n) is 4.68. The van der Waals surface area contributed by atoms with E-state index in [4.69, 9.17) is 15.6 Å². The maximum absolute atomic E-state index is 9.62. The second kappa shape index (κ2) is 7.55. The highest BCUT2D eigenvalue weighted by molar-refractivity contribution is 5.94. The van der Waals surface area contributed by atoms with Crippen LogP contribution in [0.3, 0.4) is 0 Å². The SMILES string of the molecule is CC(C)/N=C(\C=C(/NN)N1CCOCC1)n1ccc(C2(CO)CC2)n1. The lowest BCUT2D eigenvalue weighted by Crippen LogP contribution is -2.42. The van der Waals surface area contributed by atoms with Crippen molar-refractivity contribution >= 4 is 5.84 Å². The smallest absolute Gasteiger partial charge is 0.152 e. The van der Waals surface area contributed by atoms with E-state index in [-0.39, 0.29) is 18.1 Å². The van der Waals surface area contributed by atoms with Crippen molar-refractivity contribution in [2.45, 2.75) is 38.1 Å². The van der Waals surface area contributed by atoms with Gasteiger partial charge in [0.1, 0.15) is 5.82 Å². The first-order valence-electron chi connectivity index (χ1n) is 8.84. The van der Waals surface area contributed by atoms with Crippen LogP contribution in [-0.4, -0.2) is 64.6 Å². The van der Waals surface area contributed by atoms with E-state index < -0.39 is 0 Å². The zero-order chi connectivity index (χ0) is 17.9. The van der Waals surface area contributed by atoms with Crippen LogP contribution in [0, 0.1) is 0 Å². The molecule has 0 spiro atoms. The van der Waals surface area contributed by atoms with Crippen LogP contribution in [0.5, 0.6) is 0 Å². The monoisotopic (exact) mass is 348 g/mol. The molecule has 1 saturated heterocycles. The van der Waals surface area contributed by atoms with Gasteiger partial charge < -0.3 is 20.2 Å². The van der Waals surface area contributed by atoms with E-state index in [1.54, 1.807) is 4.68 Å². The molecule has 0 bridgehead atoms. The van der Waals surface area contributed by atoms with Crippen molar-refractivity contribution < 1.29 is 9.84 Å². The van der Waals surface area contributed by atoms with Crippen LogP contribution in [0.4, 0.5) is 0 Å². The molecule has 0 atom stereocenters. The molecule has 1 aliphatic heterocycles. The Morgan fingerprint density at radius 2 is 2.20 bits per heavy atom. The topological polar surface area (TPSA) is 101 Å². The number of aliphatic hydroxyl groups is 1. The Labute approximate surface area is 148 Å². The van der Waals surface area contributed by atoms with Crippen molar-refractivity contribution in [3.8, 4) is 0 Å². The van der Waals surface area contributed by atoms with Gasteiger partial charge in [-0.25, -0.2) is 10.5 Å². The van der Waals surface area contributed by atoms with Crippen molar-refractivity contribution in [1.29, 1.82) is 0 Å². The van der Waals surface area contributed by atoms with E-state index in [1.165, 1.54) is 0 Å². The largest absolute Gasteiger partial charge is 0.395 e. The second-order valence-electron chi connectivity index (χ2n) is 6.94. The molecule has 8 heteroatoms. The molecule has 1 aromatic heterocycles. The number of hydrogen-bond donors (Lipinski definition) is 3. The Bertz CT molecular complexity index is 641. The van der Waals surface area contributed by atoms with Crippen LogP contribution >= 0.6 is 0 Å². The van der Waals surface area contributed by atoms with Gasteiger partial charge in [-0.05, 0) is 32.8 Å². The molecule has 0 aromatic carbocycles. The number of rotatable bonds is 6. The van der Waals surface area contributed by atoms with Crippen molar-refractivity contribution in [1.82, 2.24) is 20.1 Å². The summed E-state index contributed by atoms with van der Waals surface area (Å²) in [5, 5.41) is 14.3. The molecule has 2 aliphatic rings. The lowest BCUT2D eigenvalue weighted by molar-refractivity contribution is 0.0504. The number of nitrogens with one attached hydrogen (secondary N) is 1.